The normalized spacial score (nSPS) is 24.5. The van der Waals surface area contributed by atoms with Gasteiger partial charge < -0.3 is 24.8 Å². The minimum atomic E-state index is -1.06. The van der Waals surface area contributed by atoms with Gasteiger partial charge in [-0.2, -0.15) is 0 Å². The van der Waals surface area contributed by atoms with Crippen LogP contribution in [-0.4, -0.2) is 59.6 Å². The number of unbranched alkanes of at least 4 members (excludes halogenated alkanes) is 10. The summed E-state index contributed by atoms with van der Waals surface area (Å²) in [6.07, 6.45) is 15.5. The van der Waals surface area contributed by atoms with Crippen molar-refractivity contribution < 1.29 is 24.8 Å². The molecule has 0 aromatic heterocycles. The third-order valence-corrected chi connectivity index (χ3v) is 5.03. The quantitative estimate of drug-likeness (QED) is 0.286. The highest BCUT2D eigenvalue weighted by Crippen LogP contribution is 2.20. The van der Waals surface area contributed by atoms with Crippen molar-refractivity contribution in [3.05, 3.63) is 12.2 Å². The molecule has 0 radical (unpaired) electrons. The Kier molecular flexibility index (Phi) is 14.1. The van der Waals surface area contributed by atoms with Crippen molar-refractivity contribution in [2.24, 2.45) is 0 Å². The van der Waals surface area contributed by atoms with E-state index in [0.29, 0.717) is 6.61 Å². The van der Waals surface area contributed by atoms with Gasteiger partial charge in [-0.1, -0.05) is 76.9 Å². The lowest BCUT2D eigenvalue weighted by molar-refractivity contribution is -0.0716. The Hall–Kier alpha value is -0.460. The molecule has 1 heterocycles. The van der Waals surface area contributed by atoms with Crippen LogP contribution < -0.4 is 0 Å². The zero-order valence-corrected chi connectivity index (χ0v) is 16.5. The summed E-state index contributed by atoms with van der Waals surface area (Å²) in [5.74, 6) is 0. The zero-order valence-electron chi connectivity index (χ0n) is 16.5. The summed E-state index contributed by atoms with van der Waals surface area (Å²) in [5, 5.41) is 28.5. The predicted molar refractivity (Wildman–Crippen MR) is 104 cm³/mol. The van der Waals surface area contributed by atoms with Crippen LogP contribution in [0.25, 0.3) is 0 Å². The van der Waals surface area contributed by atoms with Crippen LogP contribution in [0.5, 0.6) is 0 Å². The molecule has 5 heteroatoms. The number of ether oxygens (including phenoxy) is 2. The molecule has 1 fully saturated rings. The van der Waals surface area contributed by atoms with E-state index in [4.69, 9.17) is 14.6 Å². The lowest BCUT2D eigenvalue weighted by atomic mass is 10.1. The van der Waals surface area contributed by atoms with E-state index in [9.17, 15) is 10.2 Å². The van der Waals surface area contributed by atoms with Crippen LogP contribution in [0.1, 0.15) is 77.6 Å². The third kappa shape index (κ3) is 10.0. The molecule has 0 aromatic carbocycles. The van der Waals surface area contributed by atoms with Gasteiger partial charge in [0.05, 0.1) is 19.8 Å². The van der Waals surface area contributed by atoms with Crippen LogP contribution >= 0.6 is 0 Å². The number of aliphatic hydroxyl groups is 3. The maximum Gasteiger partial charge on any atom is 0.114 e. The number of hydrogen-bond acceptors (Lipinski definition) is 5. The van der Waals surface area contributed by atoms with Gasteiger partial charge in [0.2, 0.25) is 0 Å². The number of hydrogen-bond donors (Lipinski definition) is 3. The van der Waals surface area contributed by atoms with Gasteiger partial charge in [-0.3, -0.25) is 0 Å². The third-order valence-electron chi connectivity index (χ3n) is 5.03. The fourth-order valence-electron chi connectivity index (χ4n) is 3.32. The van der Waals surface area contributed by atoms with Crippen molar-refractivity contribution in [3.63, 3.8) is 0 Å². The highest BCUT2D eigenvalue weighted by Gasteiger charge is 2.40. The molecule has 154 valence electrons. The van der Waals surface area contributed by atoms with E-state index in [2.05, 4.69) is 13.0 Å². The van der Waals surface area contributed by atoms with Crippen molar-refractivity contribution in [1.82, 2.24) is 0 Å². The molecule has 0 spiro atoms. The van der Waals surface area contributed by atoms with Crippen LogP contribution in [0.3, 0.4) is 0 Å². The second kappa shape index (κ2) is 15.6. The first-order valence-electron chi connectivity index (χ1n) is 10.6. The fraction of sp³-hybridized carbons (Fsp3) is 0.905. The first-order valence-corrected chi connectivity index (χ1v) is 10.6. The molecule has 0 saturated carbocycles. The van der Waals surface area contributed by atoms with Gasteiger partial charge in [0, 0.05) is 0 Å². The average Bonchev–Trinajstić information content (AvgIpc) is 3.02. The second-order valence-electron chi connectivity index (χ2n) is 7.35. The highest BCUT2D eigenvalue weighted by atomic mass is 16.6. The van der Waals surface area contributed by atoms with Crippen LogP contribution in [0.15, 0.2) is 12.2 Å². The lowest BCUT2D eigenvalue weighted by Crippen LogP contribution is -2.41. The van der Waals surface area contributed by atoms with Gasteiger partial charge in [0.1, 0.15) is 24.4 Å². The molecular weight excluding hydrogens is 332 g/mol. The maximum absolute atomic E-state index is 10.0. The van der Waals surface area contributed by atoms with E-state index in [0.717, 1.165) is 6.42 Å². The summed E-state index contributed by atoms with van der Waals surface area (Å²) in [4.78, 5) is 0. The van der Waals surface area contributed by atoms with Crippen LogP contribution in [-0.2, 0) is 9.47 Å². The summed E-state index contributed by atoms with van der Waals surface area (Å²) >= 11 is 0. The molecular formula is C21H40O5. The molecule has 3 N–H and O–H groups in total. The molecule has 5 nitrogen and oxygen atoms in total. The molecule has 1 saturated heterocycles. The SMILES string of the molecule is CCCCCCCCCCCC/C=C/CO[C@H]1CO[C@@H]([C@H](O)CO)[C@H]1O. The molecule has 0 aromatic rings. The number of allylic oxidation sites excluding steroid dienone is 1. The van der Waals surface area contributed by atoms with E-state index >= 15 is 0 Å². The number of rotatable bonds is 16. The lowest BCUT2D eigenvalue weighted by Gasteiger charge is -2.20. The van der Waals surface area contributed by atoms with Gasteiger partial charge >= 0.3 is 0 Å². The van der Waals surface area contributed by atoms with Crippen molar-refractivity contribution >= 4 is 0 Å². The monoisotopic (exact) mass is 372 g/mol. The first-order chi connectivity index (χ1) is 12.7. The van der Waals surface area contributed by atoms with E-state index < -0.39 is 31.0 Å². The van der Waals surface area contributed by atoms with Crippen LogP contribution in [0.2, 0.25) is 0 Å². The molecule has 1 rings (SSSR count). The number of aliphatic hydroxyl groups excluding tert-OH is 3. The summed E-state index contributed by atoms with van der Waals surface area (Å²) in [5.41, 5.74) is 0. The van der Waals surface area contributed by atoms with E-state index in [1.54, 1.807) is 0 Å². The minimum Gasteiger partial charge on any atom is -0.394 e. The van der Waals surface area contributed by atoms with Crippen molar-refractivity contribution in [1.29, 1.82) is 0 Å². The largest absolute Gasteiger partial charge is 0.394 e. The Bertz CT molecular complexity index is 347. The van der Waals surface area contributed by atoms with Gasteiger partial charge in [-0.05, 0) is 12.8 Å². The molecule has 0 aliphatic carbocycles. The first kappa shape index (κ1) is 23.6. The standard InChI is InChI=1S/C21H40O5/c1-2-3-4-5-6-7-8-9-10-11-12-13-14-15-25-19-17-26-21(20(19)24)18(23)16-22/h13-14,18-24H,2-12,15-17H2,1H3/b14-13+/t18-,19+,20+,21+/m1/s1. The Balaban J connectivity index is 1.91. The predicted octanol–water partition coefficient (Wildman–Crippen LogP) is 3.35. The highest BCUT2D eigenvalue weighted by molar-refractivity contribution is 4.90. The second-order valence-corrected chi connectivity index (χ2v) is 7.35. The topological polar surface area (TPSA) is 79.2 Å². The van der Waals surface area contributed by atoms with Crippen LogP contribution in [0, 0.1) is 0 Å². The average molecular weight is 373 g/mol. The summed E-state index contributed by atoms with van der Waals surface area (Å²) < 4.78 is 10.9. The summed E-state index contributed by atoms with van der Waals surface area (Å²) in [7, 11) is 0. The molecule has 1 aliphatic rings. The van der Waals surface area contributed by atoms with E-state index in [1.165, 1.54) is 64.2 Å². The van der Waals surface area contributed by atoms with Crippen molar-refractivity contribution in [3.8, 4) is 0 Å². The van der Waals surface area contributed by atoms with Crippen LogP contribution in [0.4, 0.5) is 0 Å². The molecule has 0 amide bonds. The Labute approximate surface area is 159 Å². The smallest absolute Gasteiger partial charge is 0.114 e. The van der Waals surface area contributed by atoms with Crippen molar-refractivity contribution in [2.45, 2.75) is 102 Å². The Morgan fingerprint density at radius 3 is 2.23 bits per heavy atom. The summed E-state index contributed by atoms with van der Waals surface area (Å²) in [6.45, 7) is 2.51. The Morgan fingerprint density at radius 2 is 1.62 bits per heavy atom. The van der Waals surface area contributed by atoms with E-state index in [1.807, 2.05) is 6.08 Å². The van der Waals surface area contributed by atoms with Gasteiger partial charge in [-0.15, -0.1) is 0 Å². The van der Waals surface area contributed by atoms with Gasteiger partial charge in [-0.25, -0.2) is 0 Å². The minimum absolute atomic E-state index is 0.245. The molecule has 0 bridgehead atoms. The molecule has 0 unspecified atom stereocenters. The Morgan fingerprint density at radius 1 is 1.00 bits per heavy atom. The maximum atomic E-state index is 10.0. The fourth-order valence-corrected chi connectivity index (χ4v) is 3.32. The molecule has 1 aliphatic heterocycles. The molecule has 26 heavy (non-hydrogen) atoms. The molecule has 4 atom stereocenters. The van der Waals surface area contributed by atoms with Gasteiger partial charge in [0.25, 0.3) is 0 Å². The zero-order chi connectivity index (χ0) is 19.0. The summed E-state index contributed by atoms with van der Waals surface area (Å²) in [6, 6.07) is 0. The van der Waals surface area contributed by atoms with Crippen molar-refractivity contribution in [2.75, 3.05) is 19.8 Å². The van der Waals surface area contributed by atoms with E-state index in [-0.39, 0.29) is 6.61 Å². The van der Waals surface area contributed by atoms with Gasteiger partial charge in [0.15, 0.2) is 0 Å².